The first-order valence-corrected chi connectivity index (χ1v) is 6.98. The number of urea groups is 1. The molecule has 1 aromatic heterocycles. The van der Waals surface area contributed by atoms with Gasteiger partial charge in [0.05, 0.1) is 6.04 Å². The monoisotopic (exact) mass is 276 g/mol. The third kappa shape index (κ3) is 2.82. The number of piperazine rings is 1. The zero-order valence-electron chi connectivity index (χ0n) is 11.7. The Balaban J connectivity index is 1.44. The molecule has 0 aliphatic carbocycles. The molecule has 0 unspecified atom stereocenters. The Labute approximate surface area is 118 Å². The fourth-order valence-corrected chi connectivity index (χ4v) is 2.48. The van der Waals surface area contributed by atoms with Crippen molar-refractivity contribution in [3.05, 3.63) is 18.5 Å². The summed E-state index contributed by atoms with van der Waals surface area (Å²) >= 11 is 0. The van der Waals surface area contributed by atoms with Gasteiger partial charge in [-0.1, -0.05) is 0 Å². The highest BCUT2D eigenvalue weighted by atomic mass is 16.2. The highest BCUT2D eigenvalue weighted by molar-refractivity contribution is 5.75. The highest BCUT2D eigenvalue weighted by Gasteiger charge is 2.34. The van der Waals surface area contributed by atoms with Crippen molar-refractivity contribution in [3.63, 3.8) is 0 Å². The molecule has 2 fully saturated rings. The van der Waals surface area contributed by atoms with E-state index in [2.05, 4.69) is 27.2 Å². The van der Waals surface area contributed by atoms with Crippen molar-refractivity contribution >= 4 is 12.0 Å². The predicted octanol–water partition coefficient (Wildman–Crippen LogP) is -0.0599. The largest absolute Gasteiger partial charge is 0.348 e. The molecule has 7 nitrogen and oxygen atoms in total. The second-order valence-electron chi connectivity index (χ2n) is 5.39. The van der Waals surface area contributed by atoms with E-state index in [1.54, 1.807) is 18.5 Å². The second-order valence-corrected chi connectivity index (χ2v) is 5.39. The maximum Gasteiger partial charge on any atom is 0.320 e. The van der Waals surface area contributed by atoms with Crippen LogP contribution in [0, 0.1) is 0 Å². The summed E-state index contributed by atoms with van der Waals surface area (Å²) in [6.07, 6.45) is 3.42. The molecule has 7 heteroatoms. The number of aromatic nitrogens is 2. The molecule has 0 aromatic carbocycles. The number of amides is 2. The summed E-state index contributed by atoms with van der Waals surface area (Å²) in [7, 11) is 2.09. The molecule has 2 amide bonds. The standard InChI is InChI=1S/C13H20N6O/c1-17-5-7-18(8-6-17)13(20)19-9-11(10-19)16-12-14-3-2-4-15-12/h2-4,11H,5-10H2,1H3,(H,14,15,16). The number of likely N-dealkylation sites (tertiary alicyclic amines) is 1. The minimum Gasteiger partial charge on any atom is -0.348 e. The number of hydrogen-bond acceptors (Lipinski definition) is 5. The second kappa shape index (κ2) is 5.62. The van der Waals surface area contributed by atoms with E-state index in [-0.39, 0.29) is 12.1 Å². The molecule has 20 heavy (non-hydrogen) atoms. The van der Waals surface area contributed by atoms with Gasteiger partial charge in [0.2, 0.25) is 5.95 Å². The highest BCUT2D eigenvalue weighted by Crippen LogP contribution is 2.15. The van der Waals surface area contributed by atoms with Gasteiger partial charge < -0.3 is 20.0 Å². The maximum atomic E-state index is 12.3. The van der Waals surface area contributed by atoms with Gasteiger partial charge in [-0.05, 0) is 13.1 Å². The number of rotatable bonds is 2. The van der Waals surface area contributed by atoms with E-state index in [0.29, 0.717) is 5.95 Å². The average Bonchev–Trinajstić information content (AvgIpc) is 2.44. The Morgan fingerprint density at radius 2 is 1.80 bits per heavy atom. The number of nitrogens with zero attached hydrogens (tertiary/aromatic N) is 5. The van der Waals surface area contributed by atoms with Crippen LogP contribution >= 0.6 is 0 Å². The Morgan fingerprint density at radius 3 is 2.45 bits per heavy atom. The lowest BCUT2D eigenvalue weighted by molar-refractivity contribution is 0.0980. The minimum absolute atomic E-state index is 0.158. The number of carbonyl (C=O) groups excluding carboxylic acids is 1. The number of carbonyl (C=O) groups is 1. The quantitative estimate of drug-likeness (QED) is 0.820. The lowest BCUT2D eigenvalue weighted by atomic mass is 10.1. The van der Waals surface area contributed by atoms with Crippen molar-refractivity contribution in [3.8, 4) is 0 Å². The Hall–Kier alpha value is -1.89. The zero-order valence-corrected chi connectivity index (χ0v) is 11.7. The van der Waals surface area contributed by atoms with E-state index in [9.17, 15) is 4.79 Å². The summed E-state index contributed by atoms with van der Waals surface area (Å²) in [5, 5.41) is 3.23. The van der Waals surface area contributed by atoms with Crippen LogP contribution in [0.4, 0.5) is 10.7 Å². The van der Waals surface area contributed by atoms with Crippen LogP contribution in [0.25, 0.3) is 0 Å². The van der Waals surface area contributed by atoms with E-state index < -0.39 is 0 Å². The van der Waals surface area contributed by atoms with Crippen LogP contribution < -0.4 is 5.32 Å². The van der Waals surface area contributed by atoms with Crippen LogP contribution in [0.3, 0.4) is 0 Å². The van der Waals surface area contributed by atoms with Crippen molar-refractivity contribution < 1.29 is 4.79 Å². The van der Waals surface area contributed by atoms with Crippen LogP contribution in [0.2, 0.25) is 0 Å². The van der Waals surface area contributed by atoms with Crippen LogP contribution in [-0.4, -0.2) is 83.1 Å². The summed E-state index contributed by atoms with van der Waals surface area (Å²) in [4.78, 5) is 26.6. The molecule has 2 aliphatic heterocycles. The number of hydrogen-bond donors (Lipinski definition) is 1. The fraction of sp³-hybridized carbons (Fsp3) is 0.615. The molecule has 1 aromatic rings. The average molecular weight is 276 g/mol. The van der Waals surface area contributed by atoms with Gasteiger partial charge >= 0.3 is 6.03 Å². The van der Waals surface area contributed by atoms with Gasteiger partial charge in [0.1, 0.15) is 0 Å². The maximum absolute atomic E-state index is 12.3. The molecule has 3 heterocycles. The fourth-order valence-electron chi connectivity index (χ4n) is 2.48. The number of likely N-dealkylation sites (N-methyl/N-ethyl adjacent to an activating group) is 1. The summed E-state index contributed by atoms with van der Waals surface area (Å²) in [5.74, 6) is 0.629. The lowest BCUT2D eigenvalue weighted by Crippen LogP contribution is -2.62. The summed E-state index contributed by atoms with van der Waals surface area (Å²) in [5.41, 5.74) is 0. The summed E-state index contributed by atoms with van der Waals surface area (Å²) < 4.78 is 0. The molecule has 0 saturated carbocycles. The van der Waals surface area contributed by atoms with Gasteiger partial charge in [-0.15, -0.1) is 0 Å². The van der Waals surface area contributed by atoms with Crippen LogP contribution in [0.15, 0.2) is 18.5 Å². The SMILES string of the molecule is CN1CCN(C(=O)N2CC(Nc3ncccn3)C2)CC1. The molecule has 3 rings (SSSR count). The van der Waals surface area contributed by atoms with Gasteiger partial charge in [-0.2, -0.15) is 0 Å². The number of nitrogens with one attached hydrogen (secondary N) is 1. The molecule has 108 valence electrons. The molecule has 0 atom stereocenters. The number of anilines is 1. The first-order valence-electron chi connectivity index (χ1n) is 6.98. The molecule has 2 saturated heterocycles. The molecular weight excluding hydrogens is 256 g/mol. The van der Waals surface area contributed by atoms with E-state index in [1.807, 2.05) is 9.80 Å². The molecule has 1 N–H and O–H groups in total. The van der Waals surface area contributed by atoms with Crippen molar-refractivity contribution in [1.82, 2.24) is 24.7 Å². The van der Waals surface area contributed by atoms with E-state index in [0.717, 1.165) is 39.3 Å². The van der Waals surface area contributed by atoms with Crippen LogP contribution in [0.5, 0.6) is 0 Å². The normalized spacial score (nSPS) is 20.6. The van der Waals surface area contributed by atoms with Crippen LogP contribution in [-0.2, 0) is 0 Å². The Morgan fingerprint density at radius 1 is 1.15 bits per heavy atom. The Kier molecular flexibility index (Phi) is 3.68. The minimum atomic E-state index is 0.158. The zero-order chi connectivity index (χ0) is 13.9. The van der Waals surface area contributed by atoms with Crippen molar-refractivity contribution in [2.75, 3.05) is 51.6 Å². The predicted molar refractivity (Wildman–Crippen MR) is 75.5 cm³/mol. The van der Waals surface area contributed by atoms with Gasteiger partial charge in [0.15, 0.2) is 0 Å². The molecule has 0 spiro atoms. The summed E-state index contributed by atoms with van der Waals surface area (Å²) in [6.45, 7) is 5.02. The van der Waals surface area contributed by atoms with Crippen molar-refractivity contribution in [2.24, 2.45) is 0 Å². The van der Waals surface area contributed by atoms with Crippen molar-refractivity contribution in [2.45, 2.75) is 6.04 Å². The first kappa shape index (κ1) is 13.1. The smallest absolute Gasteiger partial charge is 0.320 e. The van der Waals surface area contributed by atoms with Crippen molar-refractivity contribution in [1.29, 1.82) is 0 Å². The third-order valence-corrected chi connectivity index (χ3v) is 3.82. The molecule has 2 aliphatic rings. The van der Waals surface area contributed by atoms with E-state index in [1.165, 1.54) is 0 Å². The summed E-state index contributed by atoms with van der Waals surface area (Å²) in [6, 6.07) is 2.20. The van der Waals surface area contributed by atoms with E-state index in [4.69, 9.17) is 0 Å². The Bertz CT molecular complexity index is 453. The van der Waals surface area contributed by atoms with Gasteiger partial charge in [0.25, 0.3) is 0 Å². The topological polar surface area (TPSA) is 64.6 Å². The molecule has 0 bridgehead atoms. The van der Waals surface area contributed by atoms with Gasteiger partial charge in [-0.3, -0.25) is 0 Å². The van der Waals surface area contributed by atoms with Crippen LogP contribution in [0.1, 0.15) is 0 Å². The van der Waals surface area contributed by atoms with Gasteiger partial charge in [-0.25, -0.2) is 14.8 Å². The van der Waals surface area contributed by atoms with E-state index >= 15 is 0 Å². The lowest BCUT2D eigenvalue weighted by Gasteiger charge is -2.43. The third-order valence-electron chi connectivity index (χ3n) is 3.82. The molecule has 0 radical (unpaired) electrons. The first-order chi connectivity index (χ1) is 9.72. The van der Waals surface area contributed by atoms with Gasteiger partial charge in [0, 0.05) is 51.7 Å². The molecular formula is C13H20N6O.